The molecule has 0 spiro atoms. The summed E-state index contributed by atoms with van der Waals surface area (Å²) in [5, 5.41) is 8.41. The van der Waals surface area contributed by atoms with Crippen LogP contribution in [0.25, 0.3) is 0 Å². The standard InChI is InChI=1S/C14H19ClN4O/c1-4-11-14(15)12(19(3)18-11)9-16-10-6-7-13(17-8-10)20-5-2/h6-8,16H,4-5,9H2,1-3H3. The van der Waals surface area contributed by atoms with Crippen LogP contribution in [0.2, 0.25) is 5.02 Å². The molecule has 0 atom stereocenters. The molecular weight excluding hydrogens is 276 g/mol. The molecule has 2 aromatic heterocycles. The molecular formula is C14H19ClN4O. The van der Waals surface area contributed by atoms with Crippen molar-refractivity contribution in [3.05, 3.63) is 34.7 Å². The maximum atomic E-state index is 6.30. The first-order valence-corrected chi connectivity index (χ1v) is 7.06. The zero-order valence-electron chi connectivity index (χ0n) is 12.0. The van der Waals surface area contributed by atoms with Gasteiger partial charge >= 0.3 is 0 Å². The van der Waals surface area contributed by atoms with E-state index in [0.29, 0.717) is 19.0 Å². The first-order chi connectivity index (χ1) is 9.65. The Morgan fingerprint density at radius 1 is 1.35 bits per heavy atom. The molecule has 0 aromatic carbocycles. The highest BCUT2D eigenvalue weighted by molar-refractivity contribution is 6.31. The summed E-state index contributed by atoms with van der Waals surface area (Å²) in [5.74, 6) is 0.630. The number of nitrogens with one attached hydrogen (secondary N) is 1. The van der Waals surface area contributed by atoms with Crippen LogP contribution in [-0.2, 0) is 20.0 Å². The van der Waals surface area contributed by atoms with Gasteiger partial charge in [-0.05, 0) is 19.4 Å². The van der Waals surface area contributed by atoms with Crippen LogP contribution in [0.3, 0.4) is 0 Å². The van der Waals surface area contributed by atoms with Gasteiger partial charge in [0, 0.05) is 13.1 Å². The number of nitrogens with zero attached hydrogens (tertiary/aromatic N) is 3. The van der Waals surface area contributed by atoms with Crippen molar-refractivity contribution in [2.45, 2.75) is 26.8 Å². The van der Waals surface area contributed by atoms with Gasteiger partial charge in [0.15, 0.2) is 0 Å². The number of hydrogen-bond acceptors (Lipinski definition) is 4. The SMILES string of the molecule is CCOc1ccc(NCc2c(Cl)c(CC)nn2C)cn1. The second-order valence-corrected chi connectivity index (χ2v) is 4.73. The van der Waals surface area contributed by atoms with E-state index in [-0.39, 0.29) is 0 Å². The van der Waals surface area contributed by atoms with E-state index in [1.165, 1.54) is 0 Å². The minimum Gasteiger partial charge on any atom is -0.478 e. The third-order valence-corrected chi connectivity index (χ3v) is 3.43. The monoisotopic (exact) mass is 294 g/mol. The summed E-state index contributed by atoms with van der Waals surface area (Å²) in [6.45, 7) is 5.20. The Balaban J connectivity index is 2.03. The van der Waals surface area contributed by atoms with Gasteiger partial charge in [0.1, 0.15) is 0 Å². The van der Waals surface area contributed by atoms with Crippen LogP contribution in [-0.4, -0.2) is 21.4 Å². The van der Waals surface area contributed by atoms with E-state index in [0.717, 1.165) is 28.5 Å². The summed E-state index contributed by atoms with van der Waals surface area (Å²) in [4.78, 5) is 4.21. The molecule has 2 heterocycles. The van der Waals surface area contributed by atoms with Crippen LogP contribution in [0.5, 0.6) is 5.88 Å². The van der Waals surface area contributed by atoms with Gasteiger partial charge in [0.25, 0.3) is 0 Å². The summed E-state index contributed by atoms with van der Waals surface area (Å²) >= 11 is 6.30. The summed E-state index contributed by atoms with van der Waals surface area (Å²) < 4.78 is 7.12. The third kappa shape index (κ3) is 3.22. The van der Waals surface area contributed by atoms with Crippen LogP contribution < -0.4 is 10.1 Å². The smallest absolute Gasteiger partial charge is 0.213 e. The number of halogens is 1. The molecule has 0 aliphatic heterocycles. The van der Waals surface area contributed by atoms with E-state index in [1.807, 2.05) is 37.7 Å². The molecule has 0 fully saturated rings. The molecule has 6 heteroatoms. The van der Waals surface area contributed by atoms with E-state index in [9.17, 15) is 0 Å². The van der Waals surface area contributed by atoms with E-state index in [2.05, 4.69) is 15.4 Å². The Bertz CT molecular complexity index is 565. The van der Waals surface area contributed by atoms with Gasteiger partial charge < -0.3 is 10.1 Å². The lowest BCUT2D eigenvalue weighted by atomic mass is 10.3. The predicted octanol–water partition coefficient (Wildman–Crippen LogP) is 3.04. The molecule has 0 saturated heterocycles. The summed E-state index contributed by atoms with van der Waals surface area (Å²) in [6, 6.07) is 3.77. The summed E-state index contributed by atoms with van der Waals surface area (Å²) in [5.41, 5.74) is 2.82. The Morgan fingerprint density at radius 2 is 2.15 bits per heavy atom. The van der Waals surface area contributed by atoms with Crippen LogP contribution in [0.15, 0.2) is 18.3 Å². The van der Waals surface area contributed by atoms with Gasteiger partial charge in [0.05, 0.1) is 41.4 Å². The predicted molar refractivity (Wildman–Crippen MR) is 80.3 cm³/mol. The van der Waals surface area contributed by atoms with Gasteiger partial charge in [-0.1, -0.05) is 18.5 Å². The molecule has 20 heavy (non-hydrogen) atoms. The highest BCUT2D eigenvalue weighted by Crippen LogP contribution is 2.22. The average Bonchev–Trinajstić information content (AvgIpc) is 2.73. The van der Waals surface area contributed by atoms with Gasteiger partial charge in [-0.25, -0.2) is 4.98 Å². The van der Waals surface area contributed by atoms with E-state index >= 15 is 0 Å². The maximum Gasteiger partial charge on any atom is 0.213 e. The summed E-state index contributed by atoms with van der Waals surface area (Å²) in [7, 11) is 1.90. The third-order valence-electron chi connectivity index (χ3n) is 2.99. The lowest BCUT2D eigenvalue weighted by molar-refractivity contribution is 0.327. The Labute approximate surface area is 123 Å². The van der Waals surface area contributed by atoms with Crippen molar-refractivity contribution >= 4 is 17.3 Å². The van der Waals surface area contributed by atoms with Crippen LogP contribution in [0, 0.1) is 0 Å². The van der Waals surface area contributed by atoms with Gasteiger partial charge in [-0.15, -0.1) is 0 Å². The van der Waals surface area contributed by atoms with Crippen LogP contribution in [0.1, 0.15) is 25.2 Å². The fraction of sp³-hybridized carbons (Fsp3) is 0.429. The fourth-order valence-corrected chi connectivity index (χ4v) is 2.28. The van der Waals surface area contributed by atoms with Gasteiger partial charge in [-0.3, -0.25) is 4.68 Å². The normalized spacial score (nSPS) is 10.6. The Hall–Kier alpha value is -1.75. The molecule has 0 saturated carbocycles. The zero-order valence-corrected chi connectivity index (χ0v) is 12.7. The second-order valence-electron chi connectivity index (χ2n) is 4.36. The second kappa shape index (κ2) is 6.61. The maximum absolute atomic E-state index is 6.30. The van der Waals surface area contributed by atoms with Crippen molar-refractivity contribution in [3.8, 4) is 5.88 Å². The van der Waals surface area contributed by atoms with E-state index in [4.69, 9.17) is 16.3 Å². The van der Waals surface area contributed by atoms with Crippen molar-refractivity contribution in [2.75, 3.05) is 11.9 Å². The van der Waals surface area contributed by atoms with Gasteiger partial charge in [-0.2, -0.15) is 5.10 Å². The first kappa shape index (κ1) is 14.7. The molecule has 1 N–H and O–H groups in total. The van der Waals surface area contributed by atoms with Crippen molar-refractivity contribution in [1.82, 2.24) is 14.8 Å². The number of aromatic nitrogens is 3. The fourth-order valence-electron chi connectivity index (χ4n) is 1.92. The quantitative estimate of drug-likeness (QED) is 0.890. The van der Waals surface area contributed by atoms with Crippen LogP contribution in [0.4, 0.5) is 5.69 Å². The molecule has 2 aromatic rings. The number of pyridine rings is 1. The Morgan fingerprint density at radius 3 is 2.70 bits per heavy atom. The van der Waals surface area contributed by atoms with Gasteiger partial charge in [0.2, 0.25) is 5.88 Å². The minimum absolute atomic E-state index is 0.609. The van der Waals surface area contributed by atoms with Crippen molar-refractivity contribution in [2.24, 2.45) is 7.05 Å². The molecule has 0 bridgehead atoms. The lowest BCUT2D eigenvalue weighted by Gasteiger charge is -2.08. The van der Waals surface area contributed by atoms with E-state index < -0.39 is 0 Å². The zero-order chi connectivity index (χ0) is 14.5. The van der Waals surface area contributed by atoms with Crippen molar-refractivity contribution in [1.29, 1.82) is 0 Å². The molecule has 108 valence electrons. The molecule has 0 amide bonds. The molecule has 0 aliphatic rings. The number of anilines is 1. The first-order valence-electron chi connectivity index (χ1n) is 6.68. The van der Waals surface area contributed by atoms with Crippen molar-refractivity contribution < 1.29 is 4.74 Å². The topological polar surface area (TPSA) is 52.0 Å². The van der Waals surface area contributed by atoms with Crippen molar-refractivity contribution in [3.63, 3.8) is 0 Å². The number of ether oxygens (including phenoxy) is 1. The molecule has 0 aliphatic carbocycles. The highest BCUT2D eigenvalue weighted by atomic mass is 35.5. The Kier molecular flexibility index (Phi) is 4.84. The summed E-state index contributed by atoms with van der Waals surface area (Å²) in [6.07, 6.45) is 2.58. The number of aryl methyl sites for hydroxylation is 2. The average molecular weight is 295 g/mol. The van der Waals surface area contributed by atoms with Crippen LogP contribution >= 0.6 is 11.6 Å². The molecule has 0 radical (unpaired) electrons. The highest BCUT2D eigenvalue weighted by Gasteiger charge is 2.12. The molecule has 2 rings (SSSR count). The van der Waals surface area contributed by atoms with E-state index in [1.54, 1.807) is 6.20 Å². The molecule has 0 unspecified atom stereocenters. The number of hydrogen-bond donors (Lipinski definition) is 1. The minimum atomic E-state index is 0.609. The molecule has 5 nitrogen and oxygen atoms in total. The lowest BCUT2D eigenvalue weighted by Crippen LogP contribution is -2.06. The number of rotatable bonds is 6. The largest absolute Gasteiger partial charge is 0.478 e.